The predicted molar refractivity (Wildman–Crippen MR) is 121 cm³/mol. The van der Waals surface area contributed by atoms with Gasteiger partial charge in [-0.3, -0.25) is 9.78 Å². The highest BCUT2D eigenvalue weighted by atomic mass is 19.2. The van der Waals surface area contributed by atoms with Crippen LogP contribution in [0.5, 0.6) is 5.75 Å². The SMILES string of the molecule is Cc1ncc(-c2ccn3nc(N)nc3c2)cc1C(=O)NCc1c(OCC2CC2)ccc(F)c1F. The molecule has 1 amide bonds. The first-order chi connectivity index (χ1) is 16.4. The van der Waals surface area contributed by atoms with Gasteiger partial charge in [-0.1, -0.05) is 0 Å². The van der Waals surface area contributed by atoms with Gasteiger partial charge in [0.25, 0.3) is 5.91 Å². The van der Waals surface area contributed by atoms with E-state index in [4.69, 9.17) is 10.5 Å². The van der Waals surface area contributed by atoms with Crippen molar-refractivity contribution in [1.29, 1.82) is 0 Å². The predicted octanol–water partition coefficient (Wildman–Crippen LogP) is 3.68. The van der Waals surface area contributed by atoms with E-state index >= 15 is 0 Å². The Morgan fingerprint density at radius 3 is 2.85 bits per heavy atom. The third-order valence-corrected chi connectivity index (χ3v) is 5.77. The minimum atomic E-state index is -1.03. The maximum Gasteiger partial charge on any atom is 0.253 e. The highest BCUT2D eigenvalue weighted by Crippen LogP contribution is 2.31. The van der Waals surface area contributed by atoms with E-state index in [0.29, 0.717) is 35.0 Å². The average molecular weight is 464 g/mol. The number of anilines is 1. The van der Waals surface area contributed by atoms with Gasteiger partial charge in [-0.2, -0.15) is 4.98 Å². The quantitative estimate of drug-likeness (QED) is 0.432. The van der Waals surface area contributed by atoms with Gasteiger partial charge in [-0.05, 0) is 61.6 Å². The first-order valence-corrected chi connectivity index (χ1v) is 10.9. The topological polar surface area (TPSA) is 107 Å². The maximum absolute atomic E-state index is 14.5. The number of pyridine rings is 2. The summed E-state index contributed by atoms with van der Waals surface area (Å²) in [5.41, 5.74) is 8.45. The molecule has 1 fully saturated rings. The van der Waals surface area contributed by atoms with Crippen LogP contribution in [-0.2, 0) is 6.54 Å². The third kappa shape index (κ3) is 4.39. The standard InChI is InChI=1S/C24H22F2N6O2/c1-13-17(8-16(10-28-13)15-6-7-32-21(9-15)30-24(27)31-32)23(33)29-11-18-20(34-12-14-2-3-14)5-4-19(25)22(18)26/h4-10,14H,2-3,11-12H2,1H3,(H2,27,31)(H,29,33). The number of benzene rings is 1. The lowest BCUT2D eigenvalue weighted by Crippen LogP contribution is -2.25. The Bertz CT molecular complexity index is 1400. The van der Waals surface area contributed by atoms with E-state index in [-0.39, 0.29) is 23.8 Å². The van der Waals surface area contributed by atoms with E-state index in [2.05, 4.69) is 20.4 Å². The van der Waals surface area contributed by atoms with Gasteiger partial charge in [-0.25, -0.2) is 13.3 Å². The number of fused-ring (bicyclic) bond motifs is 1. The van der Waals surface area contributed by atoms with Crippen molar-refractivity contribution < 1.29 is 18.3 Å². The van der Waals surface area contributed by atoms with E-state index < -0.39 is 17.5 Å². The van der Waals surface area contributed by atoms with Crippen LogP contribution in [0.1, 0.15) is 34.5 Å². The summed E-state index contributed by atoms with van der Waals surface area (Å²) >= 11 is 0. The van der Waals surface area contributed by atoms with Crippen LogP contribution in [0, 0.1) is 24.5 Å². The molecular formula is C24H22F2N6O2. The molecule has 1 saturated carbocycles. The number of amides is 1. The molecule has 0 saturated heterocycles. The Balaban J connectivity index is 1.37. The molecule has 1 aliphatic rings. The van der Waals surface area contributed by atoms with Crippen LogP contribution in [0.2, 0.25) is 0 Å². The summed E-state index contributed by atoms with van der Waals surface area (Å²) in [5.74, 6) is -1.65. The molecule has 3 aromatic heterocycles. The van der Waals surface area contributed by atoms with Crippen LogP contribution in [-0.4, -0.2) is 32.1 Å². The van der Waals surface area contributed by atoms with Crippen molar-refractivity contribution in [2.24, 2.45) is 5.92 Å². The fourth-order valence-corrected chi connectivity index (χ4v) is 3.63. The Morgan fingerprint density at radius 2 is 2.06 bits per heavy atom. The molecule has 0 spiro atoms. The number of nitrogens with one attached hydrogen (secondary N) is 1. The summed E-state index contributed by atoms with van der Waals surface area (Å²) in [5, 5.41) is 6.71. The smallest absolute Gasteiger partial charge is 0.253 e. The highest BCUT2D eigenvalue weighted by Gasteiger charge is 2.24. The Hall–Kier alpha value is -4.08. The van der Waals surface area contributed by atoms with Crippen LogP contribution in [0.4, 0.5) is 14.7 Å². The molecule has 0 atom stereocenters. The number of ether oxygens (including phenoxy) is 1. The van der Waals surface area contributed by atoms with Gasteiger partial charge < -0.3 is 15.8 Å². The minimum absolute atomic E-state index is 0.0226. The van der Waals surface area contributed by atoms with Crippen molar-refractivity contribution in [1.82, 2.24) is 24.9 Å². The fourth-order valence-electron chi connectivity index (χ4n) is 3.63. The number of nitrogen functional groups attached to an aromatic ring is 1. The lowest BCUT2D eigenvalue weighted by atomic mass is 10.0. The Kier molecular flexibility index (Phi) is 5.56. The number of hydrogen-bond donors (Lipinski definition) is 2. The molecule has 174 valence electrons. The molecule has 1 aromatic carbocycles. The summed E-state index contributed by atoms with van der Waals surface area (Å²) in [7, 11) is 0. The second-order valence-electron chi connectivity index (χ2n) is 8.32. The number of aryl methyl sites for hydroxylation is 1. The summed E-state index contributed by atoms with van der Waals surface area (Å²) in [6.07, 6.45) is 5.49. The maximum atomic E-state index is 14.5. The van der Waals surface area contributed by atoms with Crippen molar-refractivity contribution >= 4 is 17.5 Å². The normalized spacial score (nSPS) is 13.3. The second kappa shape index (κ2) is 8.69. The molecule has 3 heterocycles. The van der Waals surface area contributed by atoms with Crippen molar-refractivity contribution in [3.63, 3.8) is 0 Å². The van der Waals surface area contributed by atoms with Crippen LogP contribution in [0.25, 0.3) is 16.8 Å². The van der Waals surface area contributed by atoms with Gasteiger partial charge in [0.05, 0.1) is 23.4 Å². The first kappa shape index (κ1) is 21.7. The number of hydrogen-bond acceptors (Lipinski definition) is 6. The molecule has 1 aliphatic carbocycles. The zero-order chi connectivity index (χ0) is 23.8. The number of carbonyl (C=O) groups excluding carboxylic acids is 1. The van der Waals surface area contributed by atoms with Crippen LogP contribution in [0.3, 0.4) is 0 Å². The third-order valence-electron chi connectivity index (χ3n) is 5.77. The van der Waals surface area contributed by atoms with E-state index in [1.165, 1.54) is 6.07 Å². The Morgan fingerprint density at radius 1 is 1.24 bits per heavy atom. The van der Waals surface area contributed by atoms with Crippen LogP contribution in [0.15, 0.2) is 42.7 Å². The molecule has 0 aliphatic heterocycles. The zero-order valence-corrected chi connectivity index (χ0v) is 18.4. The average Bonchev–Trinajstić information content (AvgIpc) is 3.57. The van der Waals surface area contributed by atoms with Crippen molar-refractivity contribution in [2.75, 3.05) is 12.3 Å². The molecule has 4 aromatic rings. The van der Waals surface area contributed by atoms with E-state index in [1.54, 1.807) is 42.0 Å². The molecule has 10 heteroatoms. The van der Waals surface area contributed by atoms with Crippen LogP contribution < -0.4 is 15.8 Å². The highest BCUT2D eigenvalue weighted by molar-refractivity contribution is 5.96. The van der Waals surface area contributed by atoms with Crippen molar-refractivity contribution in [3.8, 4) is 16.9 Å². The lowest BCUT2D eigenvalue weighted by Gasteiger charge is -2.14. The van der Waals surface area contributed by atoms with Gasteiger partial charge in [0.15, 0.2) is 17.3 Å². The van der Waals surface area contributed by atoms with Gasteiger partial charge in [-0.15, -0.1) is 5.10 Å². The summed E-state index contributed by atoms with van der Waals surface area (Å²) in [6, 6.07) is 7.70. The summed E-state index contributed by atoms with van der Waals surface area (Å²) in [6.45, 7) is 1.92. The molecule has 3 N–H and O–H groups in total. The second-order valence-corrected chi connectivity index (χ2v) is 8.32. The molecule has 34 heavy (non-hydrogen) atoms. The number of halogens is 2. The number of carbonyl (C=O) groups is 1. The monoisotopic (exact) mass is 464 g/mol. The molecular weight excluding hydrogens is 442 g/mol. The number of rotatable bonds is 7. The summed E-state index contributed by atoms with van der Waals surface area (Å²) < 4.78 is 35.6. The van der Waals surface area contributed by atoms with Crippen molar-refractivity contribution in [3.05, 3.63) is 71.2 Å². The Labute approximate surface area is 193 Å². The number of nitrogens with zero attached hydrogens (tertiary/aromatic N) is 4. The van der Waals surface area contributed by atoms with Gasteiger partial charge in [0.1, 0.15) is 5.75 Å². The minimum Gasteiger partial charge on any atom is -0.493 e. The van der Waals surface area contributed by atoms with Gasteiger partial charge in [0.2, 0.25) is 5.95 Å². The van der Waals surface area contributed by atoms with E-state index in [0.717, 1.165) is 24.5 Å². The lowest BCUT2D eigenvalue weighted by molar-refractivity contribution is 0.0949. The molecule has 0 radical (unpaired) electrons. The number of nitrogens with two attached hydrogens (primary N) is 1. The first-order valence-electron chi connectivity index (χ1n) is 10.9. The summed E-state index contributed by atoms with van der Waals surface area (Å²) in [4.78, 5) is 21.4. The fraction of sp³-hybridized carbons (Fsp3) is 0.250. The van der Waals surface area contributed by atoms with Crippen molar-refractivity contribution in [2.45, 2.75) is 26.3 Å². The zero-order valence-electron chi connectivity index (χ0n) is 18.4. The molecule has 0 bridgehead atoms. The molecule has 0 unspecified atom stereocenters. The van der Waals surface area contributed by atoms with Gasteiger partial charge in [0, 0.05) is 24.5 Å². The van der Waals surface area contributed by atoms with Crippen LogP contribution >= 0.6 is 0 Å². The largest absolute Gasteiger partial charge is 0.493 e. The van der Waals surface area contributed by atoms with E-state index in [1.807, 2.05) is 0 Å². The molecule has 8 nitrogen and oxygen atoms in total. The van der Waals surface area contributed by atoms with E-state index in [9.17, 15) is 13.6 Å². The molecule has 5 rings (SSSR count). The number of aromatic nitrogens is 4. The van der Waals surface area contributed by atoms with Gasteiger partial charge >= 0.3 is 0 Å².